The maximum absolute atomic E-state index is 12.0. The van der Waals surface area contributed by atoms with Gasteiger partial charge in [-0.1, -0.05) is 12.5 Å². The standard InChI is InChI=1S/C17H23F3N4O2/c1-11-15(21)24-13-9-12(5-6-14(13)26-11)10-22-7-3-2-4-8-23-16(25)17(18,19)20/h5-6,9,11,22H,2-4,7-8,10H2,1H3,(H2,21,24)(H,23,25). The van der Waals surface area contributed by atoms with Gasteiger partial charge in [-0.25, -0.2) is 4.99 Å². The number of fused-ring (bicyclic) bond motifs is 1. The predicted octanol–water partition coefficient (Wildman–Crippen LogP) is 2.39. The SMILES string of the molecule is CC1Oc2ccc(CNCCCCCNC(=O)C(F)(F)F)cc2N=C1N. The molecule has 1 amide bonds. The molecule has 1 aromatic carbocycles. The van der Waals surface area contributed by atoms with Gasteiger partial charge in [-0.05, 0) is 44.0 Å². The molecule has 1 aromatic rings. The lowest BCUT2D eigenvalue weighted by Gasteiger charge is -2.21. The maximum Gasteiger partial charge on any atom is 0.471 e. The van der Waals surface area contributed by atoms with Crippen LogP contribution in [0.15, 0.2) is 23.2 Å². The molecule has 26 heavy (non-hydrogen) atoms. The fraction of sp³-hybridized carbons (Fsp3) is 0.529. The highest BCUT2D eigenvalue weighted by Crippen LogP contribution is 2.32. The summed E-state index contributed by atoms with van der Waals surface area (Å²) in [6.45, 7) is 3.24. The van der Waals surface area contributed by atoms with E-state index in [1.807, 2.05) is 30.4 Å². The van der Waals surface area contributed by atoms with E-state index in [1.165, 1.54) is 0 Å². The molecule has 0 aliphatic carbocycles. The molecule has 1 unspecified atom stereocenters. The van der Waals surface area contributed by atoms with Crippen LogP contribution in [0.25, 0.3) is 0 Å². The number of halogens is 3. The first kappa shape index (κ1) is 20.0. The second-order valence-corrected chi connectivity index (χ2v) is 6.09. The molecule has 4 N–H and O–H groups in total. The Labute approximate surface area is 150 Å². The van der Waals surface area contributed by atoms with E-state index in [9.17, 15) is 18.0 Å². The molecule has 0 fully saturated rings. The lowest BCUT2D eigenvalue weighted by molar-refractivity contribution is -0.173. The Balaban J connectivity index is 1.61. The van der Waals surface area contributed by atoms with Crippen LogP contribution in [-0.4, -0.2) is 37.1 Å². The summed E-state index contributed by atoms with van der Waals surface area (Å²) in [4.78, 5) is 14.9. The molecule has 1 heterocycles. The molecular weight excluding hydrogens is 349 g/mol. The van der Waals surface area contributed by atoms with E-state index in [4.69, 9.17) is 10.5 Å². The van der Waals surface area contributed by atoms with Gasteiger partial charge in [-0.3, -0.25) is 4.79 Å². The summed E-state index contributed by atoms with van der Waals surface area (Å²) in [6.07, 6.45) is -3.01. The number of carbonyl (C=O) groups is 1. The van der Waals surface area contributed by atoms with Gasteiger partial charge in [0.1, 0.15) is 17.3 Å². The second kappa shape index (κ2) is 8.88. The molecule has 0 bridgehead atoms. The largest absolute Gasteiger partial charge is 0.481 e. The Kier molecular flexibility index (Phi) is 6.84. The number of benzene rings is 1. The number of carbonyl (C=O) groups excluding carboxylic acids is 1. The number of nitrogens with zero attached hydrogens (tertiary/aromatic N) is 1. The number of amidine groups is 1. The topological polar surface area (TPSA) is 88.7 Å². The zero-order valence-electron chi connectivity index (χ0n) is 14.5. The van der Waals surface area contributed by atoms with E-state index in [0.29, 0.717) is 30.2 Å². The third-order valence-corrected chi connectivity index (χ3v) is 3.90. The molecule has 0 saturated heterocycles. The molecule has 9 heteroatoms. The van der Waals surface area contributed by atoms with Gasteiger partial charge < -0.3 is 21.1 Å². The van der Waals surface area contributed by atoms with Crippen LogP contribution in [0, 0.1) is 0 Å². The van der Waals surface area contributed by atoms with Gasteiger partial charge in [-0.15, -0.1) is 0 Å². The molecule has 6 nitrogen and oxygen atoms in total. The molecular formula is C17H23F3N4O2. The van der Waals surface area contributed by atoms with Gasteiger partial charge in [0, 0.05) is 13.1 Å². The average molecular weight is 372 g/mol. The zero-order valence-corrected chi connectivity index (χ0v) is 14.5. The highest BCUT2D eigenvalue weighted by molar-refractivity contribution is 5.89. The summed E-state index contributed by atoms with van der Waals surface area (Å²) in [7, 11) is 0. The molecule has 0 spiro atoms. The summed E-state index contributed by atoms with van der Waals surface area (Å²) in [6, 6.07) is 5.72. The highest BCUT2D eigenvalue weighted by Gasteiger charge is 2.38. The highest BCUT2D eigenvalue weighted by atomic mass is 19.4. The lowest BCUT2D eigenvalue weighted by atomic mass is 10.1. The van der Waals surface area contributed by atoms with Crippen LogP contribution in [-0.2, 0) is 11.3 Å². The van der Waals surface area contributed by atoms with Crippen LogP contribution in [0.3, 0.4) is 0 Å². The fourth-order valence-electron chi connectivity index (χ4n) is 2.43. The maximum atomic E-state index is 12.0. The number of hydrogen-bond donors (Lipinski definition) is 3. The van der Waals surface area contributed by atoms with Crippen molar-refractivity contribution >= 4 is 17.4 Å². The van der Waals surface area contributed by atoms with E-state index < -0.39 is 12.1 Å². The molecule has 1 aliphatic rings. The van der Waals surface area contributed by atoms with Crippen molar-refractivity contribution in [3.05, 3.63) is 23.8 Å². The molecule has 0 radical (unpaired) electrons. The molecule has 2 rings (SSSR count). The minimum Gasteiger partial charge on any atom is -0.481 e. The van der Waals surface area contributed by atoms with E-state index in [1.54, 1.807) is 0 Å². The first-order valence-electron chi connectivity index (χ1n) is 8.47. The normalized spacial score (nSPS) is 16.5. The molecule has 1 aliphatic heterocycles. The number of nitrogens with two attached hydrogens (primary N) is 1. The summed E-state index contributed by atoms with van der Waals surface area (Å²) in [5.41, 5.74) is 7.53. The predicted molar refractivity (Wildman–Crippen MR) is 92.4 cm³/mol. The van der Waals surface area contributed by atoms with Gasteiger partial charge in [0.15, 0.2) is 6.10 Å². The summed E-state index contributed by atoms with van der Waals surface area (Å²) < 4.78 is 41.6. The van der Waals surface area contributed by atoms with Crippen molar-refractivity contribution in [1.82, 2.24) is 10.6 Å². The van der Waals surface area contributed by atoms with Crippen LogP contribution in [0.2, 0.25) is 0 Å². The number of aliphatic imine (C=N–C) groups is 1. The van der Waals surface area contributed by atoms with Crippen molar-refractivity contribution in [2.45, 2.75) is 45.0 Å². The van der Waals surface area contributed by atoms with Gasteiger partial charge in [0.2, 0.25) is 0 Å². The van der Waals surface area contributed by atoms with Crippen LogP contribution in [0.5, 0.6) is 5.75 Å². The average Bonchev–Trinajstić information content (AvgIpc) is 2.57. The van der Waals surface area contributed by atoms with E-state index >= 15 is 0 Å². The minimum atomic E-state index is -4.81. The Morgan fingerprint density at radius 1 is 1.27 bits per heavy atom. The van der Waals surface area contributed by atoms with E-state index in [2.05, 4.69) is 10.3 Å². The van der Waals surface area contributed by atoms with Crippen LogP contribution in [0.1, 0.15) is 31.7 Å². The first-order valence-corrected chi connectivity index (χ1v) is 8.47. The van der Waals surface area contributed by atoms with E-state index in [0.717, 1.165) is 24.9 Å². The quantitative estimate of drug-likeness (QED) is 0.612. The second-order valence-electron chi connectivity index (χ2n) is 6.09. The van der Waals surface area contributed by atoms with Crippen LogP contribution < -0.4 is 21.1 Å². The van der Waals surface area contributed by atoms with Gasteiger partial charge in [0.25, 0.3) is 0 Å². The molecule has 144 valence electrons. The monoisotopic (exact) mass is 372 g/mol. The number of unbranched alkanes of at least 4 members (excludes halogenated alkanes) is 2. The molecule has 1 atom stereocenters. The number of rotatable bonds is 8. The van der Waals surface area contributed by atoms with Gasteiger partial charge >= 0.3 is 12.1 Å². The Hall–Kier alpha value is -2.29. The van der Waals surface area contributed by atoms with Gasteiger partial charge in [0.05, 0.1) is 0 Å². The van der Waals surface area contributed by atoms with Crippen molar-refractivity contribution in [3.63, 3.8) is 0 Å². The number of nitrogens with one attached hydrogen (secondary N) is 2. The zero-order chi connectivity index (χ0) is 19.2. The minimum absolute atomic E-state index is 0.0288. The number of hydrogen-bond acceptors (Lipinski definition) is 5. The van der Waals surface area contributed by atoms with Gasteiger partial charge in [-0.2, -0.15) is 13.2 Å². The van der Waals surface area contributed by atoms with Crippen LogP contribution >= 0.6 is 0 Å². The van der Waals surface area contributed by atoms with Crippen molar-refractivity contribution in [3.8, 4) is 5.75 Å². The third-order valence-electron chi connectivity index (χ3n) is 3.90. The van der Waals surface area contributed by atoms with Crippen molar-refractivity contribution < 1.29 is 22.7 Å². The van der Waals surface area contributed by atoms with Crippen molar-refractivity contribution in [2.24, 2.45) is 10.7 Å². The Morgan fingerprint density at radius 2 is 2.00 bits per heavy atom. The van der Waals surface area contributed by atoms with Crippen molar-refractivity contribution in [1.29, 1.82) is 0 Å². The molecule has 0 aromatic heterocycles. The Morgan fingerprint density at radius 3 is 2.73 bits per heavy atom. The number of alkyl halides is 3. The number of ether oxygens (including phenoxy) is 1. The number of amides is 1. The van der Waals surface area contributed by atoms with E-state index in [-0.39, 0.29) is 12.6 Å². The first-order chi connectivity index (χ1) is 12.3. The lowest BCUT2D eigenvalue weighted by Crippen LogP contribution is -2.37. The van der Waals surface area contributed by atoms with Crippen molar-refractivity contribution in [2.75, 3.05) is 13.1 Å². The smallest absolute Gasteiger partial charge is 0.471 e. The molecule has 0 saturated carbocycles. The van der Waals surface area contributed by atoms with Crippen LogP contribution in [0.4, 0.5) is 18.9 Å². The fourth-order valence-corrected chi connectivity index (χ4v) is 2.43. The summed E-state index contributed by atoms with van der Waals surface area (Å²) in [5, 5.41) is 5.12. The summed E-state index contributed by atoms with van der Waals surface area (Å²) >= 11 is 0. The summed E-state index contributed by atoms with van der Waals surface area (Å²) in [5.74, 6) is -0.735. The third kappa shape index (κ3) is 5.91. The Bertz CT molecular complexity index is 662.